The Labute approximate surface area is 190 Å². The van der Waals surface area contributed by atoms with E-state index in [1.165, 1.54) is 6.07 Å². The van der Waals surface area contributed by atoms with Crippen LogP contribution in [0.15, 0.2) is 36.8 Å². The zero-order valence-corrected chi connectivity index (χ0v) is 18.4. The molecule has 0 aliphatic carbocycles. The van der Waals surface area contributed by atoms with Gasteiger partial charge in [0.15, 0.2) is 23.2 Å². The fourth-order valence-corrected chi connectivity index (χ4v) is 4.38. The molecular weight excluding hydrogens is 428 g/mol. The van der Waals surface area contributed by atoms with Crippen molar-refractivity contribution in [2.75, 3.05) is 31.3 Å². The first-order chi connectivity index (χ1) is 16.1. The van der Waals surface area contributed by atoms with Crippen molar-refractivity contribution in [1.29, 1.82) is 0 Å². The average molecular weight is 453 g/mol. The van der Waals surface area contributed by atoms with E-state index in [2.05, 4.69) is 19.9 Å². The van der Waals surface area contributed by atoms with E-state index in [0.29, 0.717) is 50.1 Å². The highest BCUT2D eigenvalue weighted by Gasteiger charge is 2.28. The molecule has 2 aromatic heterocycles. The maximum Gasteiger partial charge on any atom is 0.200 e. The van der Waals surface area contributed by atoms with Crippen molar-refractivity contribution < 1.29 is 18.3 Å². The van der Waals surface area contributed by atoms with Gasteiger partial charge in [-0.25, -0.2) is 24.3 Å². The average Bonchev–Trinajstić information content (AvgIpc) is 2.86. The highest BCUT2D eigenvalue weighted by atomic mass is 19.2. The quantitative estimate of drug-likeness (QED) is 0.575. The smallest absolute Gasteiger partial charge is 0.200 e. The van der Waals surface area contributed by atoms with Gasteiger partial charge in [0, 0.05) is 68.2 Å². The van der Waals surface area contributed by atoms with E-state index in [0.717, 1.165) is 24.1 Å². The fourth-order valence-electron chi connectivity index (χ4n) is 4.38. The Hall–Kier alpha value is -3.20. The fraction of sp³-hybridized carbons (Fsp3) is 0.417. The molecule has 0 N–H and O–H groups in total. The molecule has 5 rings (SSSR count). The van der Waals surface area contributed by atoms with Crippen LogP contribution in [0.4, 0.5) is 14.5 Å². The van der Waals surface area contributed by atoms with E-state index in [-0.39, 0.29) is 17.7 Å². The van der Waals surface area contributed by atoms with E-state index in [4.69, 9.17) is 9.47 Å². The predicted molar refractivity (Wildman–Crippen MR) is 118 cm³/mol. The minimum Gasteiger partial charge on any atom is -0.490 e. The van der Waals surface area contributed by atoms with Crippen LogP contribution in [0.2, 0.25) is 0 Å². The summed E-state index contributed by atoms with van der Waals surface area (Å²) in [5, 5.41) is 0. The van der Waals surface area contributed by atoms with Crippen molar-refractivity contribution in [3.8, 4) is 17.4 Å². The largest absolute Gasteiger partial charge is 0.490 e. The first-order valence-electron chi connectivity index (χ1n) is 11.2. The van der Waals surface area contributed by atoms with Gasteiger partial charge in [0.05, 0.1) is 18.3 Å². The molecule has 0 saturated carbocycles. The van der Waals surface area contributed by atoms with E-state index >= 15 is 0 Å². The summed E-state index contributed by atoms with van der Waals surface area (Å²) in [6.45, 7) is 4.31. The standard InChI is InChI=1S/C24H25F2N5O2/c1-15-18-13-29-24(23-27-6-2-7-28-23)30-20(18)3-8-31(15)17-11-19(25)22(26)21(12-17)33-14-16-4-9-32-10-5-16/h2,6-7,11-13,15-16H,3-5,8-10,14H2,1H3. The maximum absolute atomic E-state index is 14.5. The third-order valence-corrected chi connectivity index (χ3v) is 6.30. The molecule has 0 bridgehead atoms. The number of aromatic nitrogens is 4. The van der Waals surface area contributed by atoms with Crippen molar-refractivity contribution in [1.82, 2.24) is 19.9 Å². The summed E-state index contributed by atoms with van der Waals surface area (Å²) in [7, 11) is 0. The maximum atomic E-state index is 14.5. The van der Waals surface area contributed by atoms with Gasteiger partial charge in [0.1, 0.15) is 0 Å². The summed E-state index contributed by atoms with van der Waals surface area (Å²) in [4.78, 5) is 19.5. The predicted octanol–water partition coefficient (Wildman–Crippen LogP) is 4.14. The Bertz CT molecular complexity index is 1130. The zero-order valence-electron chi connectivity index (χ0n) is 18.4. The second-order valence-corrected chi connectivity index (χ2v) is 8.39. The van der Waals surface area contributed by atoms with Crippen LogP contribution in [0.5, 0.6) is 5.75 Å². The molecule has 0 radical (unpaired) electrons. The number of ether oxygens (including phenoxy) is 2. The van der Waals surface area contributed by atoms with Gasteiger partial charge in [0.2, 0.25) is 5.82 Å². The number of halogens is 2. The van der Waals surface area contributed by atoms with Gasteiger partial charge < -0.3 is 14.4 Å². The van der Waals surface area contributed by atoms with E-state index in [1.54, 1.807) is 30.7 Å². The van der Waals surface area contributed by atoms with Gasteiger partial charge >= 0.3 is 0 Å². The molecule has 0 amide bonds. The highest BCUT2D eigenvalue weighted by molar-refractivity contribution is 5.55. The van der Waals surface area contributed by atoms with Crippen molar-refractivity contribution in [3.05, 3.63) is 59.7 Å². The highest BCUT2D eigenvalue weighted by Crippen LogP contribution is 2.36. The molecule has 1 atom stereocenters. The molecule has 2 aliphatic rings. The lowest BCUT2D eigenvalue weighted by atomic mass is 9.98. The first kappa shape index (κ1) is 21.6. The van der Waals surface area contributed by atoms with Crippen LogP contribution in [0.3, 0.4) is 0 Å². The Kier molecular flexibility index (Phi) is 6.13. The normalized spacial score (nSPS) is 18.8. The zero-order chi connectivity index (χ0) is 22.8. The Balaban J connectivity index is 1.37. The van der Waals surface area contributed by atoms with E-state index in [1.807, 2.05) is 11.8 Å². The number of hydrogen-bond donors (Lipinski definition) is 0. The van der Waals surface area contributed by atoms with Crippen molar-refractivity contribution in [2.24, 2.45) is 5.92 Å². The minimum atomic E-state index is -0.952. The molecule has 0 spiro atoms. The van der Waals surface area contributed by atoms with Gasteiger partial charge in [-0.1, -0.05) is 0 Å². The van der Waals surface area contributed by atoms with Crippen molar-refractivity contribution in [3.63, 3.8) is 0 Å². The molecular formula is C24H25F2N5O2. The number of anilines is 1. The minimum absolute atomic E-state index is 0.0534. The number of hydrogen-bond acceptors (Lipinski definition) is 7. The van der Waals surface area contributed by atoms with Crippen molar-refractivity contribution in [2.45, 2.75) is 32.2 Å². The summed E-state index contributed by atoms with van der Waals surface area (Å²) >= 11 is 0. The van der Waals surface area contributed by atoms with Crippen molar-refractivity contribution >= 4 is 5.69 Å². The van der Waals surface area contributed by atoms with Crippen LogP contribution in [-0.4, -0.2) is 46.3 Å². The Morgan fingerprint density at radius 2 is 1.88 bits per heavy atom. The molecule has 1 fully saturated rings. The third kappa shape index (κ3) is 4.50. The summed E-state index contributed by atoms with van der Waals surface area (Å²) < 4.78 is 40.0. The summed E-state index contributed by atoms with van der Waals surface area (Å²) in [6.07, 6.45) is 7.44. The second kappa shape index (κ2) is 9.35. The SMILES string of the molecule is CC1c2cnc(-c3ncccn3)nc2CCN1c1cc(F)c(F)c(OCC2CCOCC2)c1. The molecule has 4 heterocycles. The van der Waals surface area contributed by atoms with Crippen LogP contribution in [0, 0.1) is 17.6 Å². The van der Waals surface area contributed by atoms with Gasteiger partial charge in [-0.15, -0.1) is 0 Å². The monoisotopic (exact) mass is 453 g/mol. The first-order valence-corrected chi connectivity index (χ1v) is 11.2. The van der Waals surface area contributed by atoms with Crippen LogP contribution in [-0.2, 0) is 11.2 Å². The molecule has 2 aliphatic heterocycles. The van der Waals surface area contributed by atoms with E-state index < -0.39 is 11.6 Å². The molecule has 3 aromatic rings. The molecule has 1 aromatic carbocycles. The van der Waals surface area contributed by atoms with Gasteiger partial charge in [-0.2, -0.15) is 4.39 Å². The van der Waals surface area contributed by atoms with Gasteiger partial charge in [0.25, 0.3) is 0 Å². The van der Waals surface area contributed by atoms with Gasteiger partial charge in [-0.05, 0) is 31.7 Å². The summed E-state index contributed by atoms with van der Waals surface area (Å²) in [5.41, 5.74) is 2.43. The molecule has 7 nitrogen and oxygen atoms in total. The van der Waals surface area contributed by atoms with Gasteiger partial charge in [-0.3, -0.25) is 0 Å². The molecule has 33 heavy (non-hydrogen) atoms. The second-order valence-electron chi connectivity index (χ2n) is 8.39. The van der Waals surface area contributed by atoms with Crippen LogP contribution in [0.25, 0.3) is 11.6 Å². The molecule has 9 heteroatoms. The summed E-state index contributed by atoms with van der Waals surface area (Å²) in [5.74, 6) is -0.686. The van der Waals surface area contributed by atoms with E-state index in [9.17, 15) is 8.78 Å². The molecule has 172 valence electrons. The topological polar surface area (TPSA) is 73.3 Å². The lowest BCUT2D eigenvalue weighted by Gasteiger charge is -2.36. The lowest BCUT2D eigenvalue weighted by molar-refractivity contribution is 0.0490. The number of fused-ring (bicyclic) bond motifs is 1. The van der Waals surface area contributed by atoms with Crippen LogP contribution in [0.1, 0.15) is 37.1 Å². The molecule has 1 saturated heterocycles. The Morgan fingerprint density at radius 3 is 2.67 bits per heavy atom. The Morgan fingerprint density at radius 1 is 1.09 bits per heavy atom. The van der Waals surface area contributed by atoms with Crippen LogP contribution >= 0.6 is 0 Å². The van der Waals surface area contributed by atoms with Crippen LogP contribution < -0.4 is 9.64 Å². The lowest BCUT2D eigenvalue weighted by Crippen LogP contribution is -2.35. The summed E-state index contributed by atoms with van der Waals surface area (Å²) in [6, 6.07) is 4.44. The number of nitrogens with zero attached hydrogens (tertiary/aromatic N) is 5. The molecule has 1 unspecified atom stereocenters. The third-order valence-electron chi connectivity index (χ3n) is 6.30. The number of rotatable bonds is 5. The number of benzene rings is 1.